The summed E-state index contributed by atoms with van der Waals surface area (Å²) in [7, 11) is 8.53. The smallest absolute Gasteiger partial charge is 0.193 e. The van der Waals surface area contributed by atoms with E-state index in [9.17, 15) is 4.79 Å². The Morgan fingerprint density at radius 2 is 1.48 bits per heavy atom. The summed E-state index contributed by atoms with van der Waals surface area (Å²) in [6.45, 7) is 0. The van der Waals surface area contributed by atoms with Gasteiger partial charge in [0, 0.05) is 31.9 Å². The van der Waals surface area contributed by atoms with Crippen molar-refractivity contribution in [3.8, 4) is 17.2 Å². The monoisotopic (exact) mass is 341 g/mol. The molecule has 0 fully saturated rings. The van der Waals surface area contributed by atoms with Gasteiger partial charge in [-0.1, -0.05) is 18.2 Å². The standard InChI is InChI=1S/C20H23NO4/c1-21(2)15-9-6-14(7-10-15)8-11-17(22)20-18(24-4)12-16(23-3)13-19(20)25-5/h6-13H,1-5H3/b11-8+. The summed E-state index contributed by atoms with van der Waals surface area (Å²) in [6.07, 6.45) is 3.28. The number of hydrogen-bond acceptors (Lipinski definition) is 5. The topological polar surface area (TPSA) is 48.0 Å². The summed E-state index contributed by atoms with van der Waals surface area (Å²) in [5, 5.41) is 0. The van der Waals surface area contributed by atoms with E-state index in [4.69, 9.17) is 14.2 Å². The van der Waals surface area contributed by atoms with Crippen LogP contribution in [-0.2, 0) is 0 Å². The molecule has 2 aromatic carbocycles. The maximum Gasteiger partial charge on any atom is 0.193 e. The molecule has 25 heavy (non-hydrogen) atoms. The van der Waals surface area contributed by atoms with Crippen LogP contribution in [-0.4, -0.2) is 41.2 Å². The molecule has 0 atom stereocenters. The Kier molecular flexibility index (Phi) is 6.06. The zero-order valence-electron chi connectivity index (χ0n) is 15.2. The Labute approximate surface area is 148 Å². The number of hydrogen-bond donors (Lipinski definition) is 0. The average Bonchev–Trinajstić information content (AvgIpc) is 2.65. The second-order valence-electron chi connectivity index (χ2n) is 5.59. The molecule has 2 rings (SSSR count). The summed E-state index contributed by atoms with van der Waals surface area (Å²) in [5.74, 6) is 1.18. The number of benzene rings is 2. The third-order valence-electron chi connectivity index (χ3n) is 3.80. The lowest BCUT2D eigenvalue weighted by molar-refractivity contribution is 0.104. The molecule has 0 amide bonds. The number of anilines is 1. The van der Waals surface area contributed by atoms with Gasteiger partial charge in [0.05, 0.1) is 21.3 Å². The molecule has 0 unspecified atom stereocenters. The van der Waals surface area contributed by atoms with Gasteiger partial charge < -0.3 is 19.1 Å². The lowest BCUT2D eigenvalue weighted by Gasteiger charge is -2.13. The van der Waals surface area contributed by atoms with Crippen LogP contribution in [0.2, 0.25) is 0 Å². The van der Waals surface area contributed by atoms with Crippen LogP contribution in [0.15, 0.2) is 42.5 Å². The molecule has 0 spiro atoms. The van der Waals surface area contributed by atoms with Crippen molar-refractivity contribution in [2.75, 3.05) is 40.3 Å². The average molecular weight is 341 g/mol. The Bertz CT molecular complexity index is 739. The quantitative estimate of drug-likeness (QED) is 0.568. The van der Waals surface area contributed by atoms with Crippen LogP contribution < -0.4 is 19.1 Å². The molecular formula is C20H23NO4. The number of carbonyl (C=O) groups is 1. The molecule has 0 aliphatic heterocycles. The Morgan fingerprint density at radius 3 is 1.92 bits per heavy atom. The van der Waals surface area contributed by atoms with E-state index in [2.05, 4.69) is 0 Å². The first-order valence-electron chi connectivity index (χ1n) is 7.80. The van der Waals surface area contributed by atoms with Crippen LogP contribution in [0.25, 0.3) is 6.08 Å². The fourth-order valence-corrected chi connectivity index (χ4v) is 2.39. The van der Waals surface area contributed by atoms with Crippen LogP contribution in [0.4, 0.5) is 5.69 Å². The molecule has 0 aromatic heterocycles. The first-order valence-corrected chi connectivity index (χ1v) is 7.80. The van der Waals surface area contributed by atoms with E-state index in [1.807, 2.05) is 43.3 Å². The van der Waals surface area contributed by atoms with Crippen molar-refractivity contribution in [1.29, 1.82) is 0 Å². The van der Waals surface area contributed by atoms with Crippen LogP contribution in [0.3, 0.4) is 0 Å². The van der Waals surface area contributed by atoms with Crippen LogP contribution in [0, 0.1) is 0 Å². The normalized spacial score (nSPS) is 10.6. The number of allylic oxidation sites excluding steroid dienone is 1. The molecule has 0 saturated carbocycles. The van der Waals surface area contributed by atoms with Crippen LogP contribution in [0.1, 0.15) is 15.9 Å². The second kappa shape index (κ2) is 8.24. The van der Waals surface area contributed by atoms with Crippen LogP contribution >= 0.6 is 0 Å². The molecule has 0 heterocycles. The van der Waals surface area contributed by atoms with Gasteiger partial charge in [-0.25, -0.2) is 0 Å². The van der Waals surface area contributed by atoms with Gasteiger partial charge in [0.1, 0.15) is 22.8 Å². The third-order valence-corrected chi connectivity index (χ3v) is 3.80. The van der Waals surface area contributed by atoms with E-state index in [1.165, 1.54) is 20.3 Å². The molecule has 5 heteroatoms. The number of ether oxygens (including phenoxy) is 3. The van der Waals surface area contributed by atoms with Crippen molar-refractivity contribution in [3.63, 3.8) is 0 Å². The van der Waals surface area contributed by atoms with Crippen molar-refractivity contribution in [3.05, 3.63) is 53.6 Å². The molecule has 0 aliphatic carbocycles. The number of nitrogens with zero attached hydrogens (tertiary/aromatic N) is 1. The minimum atomic E-state index is -0.201. The third kappa shape index (κ3) is 4.32. The first kappa shape index (κ1) is 18.4. The predicted octanol–water partition coefficient (Wildman–Crippen LogP) is 3.67. The number of methoxy groups -OCH3 is 3. The summed E-state index contributed by atoms with van der Waals surface area (Å²) in [5.41, 5.74) is 2.40. The molecule has 0 saturated heterocycles. The molecule has 0 aliphatic rings. The highest BCUT2D eigenvalue weighted by molar-refractivity contribution is 6.10. The maximum absolute atomic E-state index is 12.7. The van der Waals surface area contributed by atoms with Gasteiger partial charge in [0.2, 0.25) is 0 Å². The van der Waals surface area contributed by atoms with Crippen molar-refractivity contribution in [2.24, 2.45) is 0 Å². The predicted molar refractivity (Wildman–Crippen MR) is 100 cm³/mol. The lowest BCUT2D eigenvalue weighted by atomic mass is 10.1. The summed E-state index contributed by atoms with van der Waals surface area (Å²) in [6, 6.07) is 11.2. The number of rotatable bonds is 7. The number of ketones is 1. The van der Waals surface area contributed by atoms with Crippen LogP contribution in [0.5, 0.6) is 17.2 Å². The van der Waals surface area contributed by atoms with Gasteiger partial charge in [0.15, 0.2) is 5.78 Å². The highest BCUT2D eigenvalue weighted by Crippen LogP contribution is 2.34. The van der Waals surface area contributed by atoms with E-state index in [-0.39, 0.29) is 5.78 Å². The molecule has 0 N–H and O–H groups in total. The van der Waals surface area contributed by atoms with E-state index in [0.717, 1.165) is 11.3 Å². The fourth-order valence-electron chi connectivity index (χ4n) is 2.39. The van der Waals surface area contributed by atoms with Crippen molar-refractivity contribution in [2.45, 2.75) is 0 Å². The van der Waals surface area contributed by atoms with E-state index >= 15 is 0 Å². The summed E-state index contributed by atoms with van der Waals surface area (Å²) < 4.78 is 15.9. The minimum absolute atomic E-state index is 0.201. The Morgan fingerprint density at radius 1 is 0.920 bits per heavy atom. The summed E-state index contributed by atoms with van der Waals surface area (Å²) >= 11 is 0. The molecule has 2 aromatic rings. The number of carbonyl (C=O) groups excluding carboxylic acids is 1. The Hall–Kier alpha value is -2.95. The van der Waals surface area contributed by atoms with E-state index < -0.39 is 0 Å². The first-order chi connectivity index (χ1) is 12.0. The van der Waals surface area contributed by atoms with Gasteiger partial charge >= 0.3 is 0 Å². The molecule has 0 bridgehead atoms. The zero-order valence-corrected chi connectivity index (χ0v) is 15.2. The van der Waals surface area contributed by atoms with Crippen molar-refractivity contribution < 1.29 is 19.0 Å². The van der Waals surface area contributed by atoms with Crippen molar-refractivity contribution >= 4 is 17.5 Å². The highest BCUT2D eigenvalue weighted by Gasteiger charge is 2.18. The van der Waals surface area contributed by atoms with E-state index in [1.54, 1.807) is 25.3 Å². The SMILES string of the molecule is COc1cc(OC)c(C(=O)/C=C/c2ccc(N(C)C)cc2)c(OC)c1. The van der Waals surface area contributed by atoms with E-state index in [0.29, 0.717) is 22.8 Å². The van der Waals surface area contributed by atoms with Gasteiger partial charge in [-0.3, -0.25) is 4.79 Å². The van der Waals surface area contributed by atoms with Gasteiger partial charge in [-0.2, -0.15) is 0 Å². The van der Waals surface area contributed by atoms with Gasteiger partial charge in [-0.15, -0.1) is 0 Å². The van der Waals surface area contributed by atoms with Crippen molar-refractivity contribution in [1.82, 2.24) is 0 Å². The summed E-state index contributed by atoms with van der Waals surface area (Å²) in [4.78, 5) is 14.7. The minimum Gasteiger partial charge on any atom is -0.496 e. The molecule has 5 nitrogen and oxygen atoms in total. The molecule has 132 valence electrons. The largest absolute Gasteiger partial charge is 0.496 e. The second-order valence-corrected chi connectivity index (χ2v) is 5.59. The molecule has 0 radical (unpaired) electrons. The lowest BCUT2D eigenvalue weighted by Crippen LogP contribution is -2.07. The fraction of sp³-hybridized carbons (Fsp3) is 0.250. The van der Waals surface area contributed by atoms with Gasteiger partial charge in [-0.05, 0) is 23.8 Å². The Balaban J connectivity index is 2.30. The maximum atomic E-state index is 12.7. The zero-order chi connectivity index (χ0) is 18.4. The molecular weight excluding hydrogens is 318 g/mol. The highest BCUT2D eigenvalue weighted by atomic mass is 16.5. The van der Waals surface area contributed by atoms with Gasteiger partial charge in [0.25, 0.3) is 0 Å².